The normalized spacial score (nSPS) is 9.69. The fraction of sp³-hybridized carbons (Fsp3) is 0.250. The number of thiophene rings is 1. The van der Waals surface area contributed by atoms with Crippen LogP contribution >= 0.6 is 27.3 Å². The fourth-order valence-electron chi connectivity index (χ4n) is 0.756. The highest BCUT2D eigenvalue weighted by atomic mass is 79.9. The van der Waals surface area contributed by atoms with Crippen LogP contribution in [0.25, 0.3) is 0 Å². The smallest absolute Gasteiger partial charge is 0.253 e. The van der Waals surface area contributed by atoms with Crippen molar-refractivity contribution in [3.05, 3.63) is 20.8 Å². The molecule has 0 saturated heterocycles. The minimum Gasteiger partial charge on any atom is -0.345 e. The maximum Gasteiger partial charge on any atom is 0.253 e. The highest BCUT2D eigenvalue weighted by Gasteiger charge is 2.10. The highest BCUT2D eigenvalue weighted by Crippen LogP contribution is 2.22. The van der Waals surface area contributed by atoms with Crippen LogP contribution in [0.3, 0.4) is 0 Å². The van der Waals surface area contributed by atoms with Crippen molar-refractivity contribution in [3.63, 3.8) is 0 Å². The van der Waals surface area contributed by atoms with Crippen LogP contribution in [0, 0.1) is 0 Å². The zero-order chi connectivity index (χ0) is 9.84. The Labute approximate surface area is 88.3 Å². The monoisotopic (exact) mass is 261 g/mol. The van der Waals surface area contributed by atoms with Gasteiger partial charge in [-0.3, -0.25) is 9.59 Å². The van der Waals surface area contributed by atoms with Gasteiger partial charge in [-0.05, 0) is 34.3 Å². The Morgan fingerprint density at radius 2 is 2.31 bits per heavy atom. The van der Waals surface area contributed by atoms with E-state index in [4.69, 9.17) is 0 Å². The number of nitrogens with one attached hydrogen (secondary N) is 1. The predicted molar refractivity (Wildman–Crippen MR) is 55.0 cm³/mol. The molecule has 0 bridgehead atoms. The largest absolute Gasteiger partial charge is 0.345 e. The van der Waals surface area contributed by atoms with Gasteiger partial charge in [-0.15, -0.1) is 11.3 Å². The molecule has 0 atom stereocenters. The van der Waals surface area contributed by atoms with E-state index in [-0.39, 0.29) is 18.2 Å². The molecule has 0 aliphatic carbocycles. The molecule has 0 fully saturated rings. The SMILES string of the molecule is CC(=O)CNC(=O)c1ccsc1Br. The molecule has 0 aliphatic heterocycles. The minimum atomic E-state index is -0.219. The van der Waals surface area contributed by atoms with Crippen molar-refractivity contribution >= 4 is 39.0 Å². The van der Waals surface area contributed by atoms with Crippen molar-refractivity contribution in [1.29, 1.82) is 0 Å². The van der Waals surface area contributed by atoms with E-state index >= 15 is 0 Å². The van der Waals surface area contributed by atoms with Gasteiger partial charge in [0.25, 0.3) is 5.91 Å². The lowest BCUT2D eigenvalue weighted by Crippen LogP contribution is -2.28. The van der Waals surface area contributed by atoms with Gasteiger partial charge in [0.15, 0.2) is 0 Å². The van der Waals surface area contributed by atoms with Crippen LogP contribution in [0.1, 0.15) is 17.3 Å². The van der Waals surface area contributed by atoms with Gasteiger partial charge in [-0.2, -0.15) is 0 Å². The van der Waals surface area contributed by atoms with Gasteiger partial charge in [-0.25, -0.2) is 0 Å². The van der Waals surface area contributed by atoms with Gasteiger partial charge in [0, 0.05) is 0 Å². The van der Waals surface area contributed by atoms with E-state index in [1.807, 2.05) is 5.38 Å². The summed E-state index contributed by atoms with van der Waals surface area (Å²) >= 11 is 4.68. The molecule has 0 saturated carbocycles. The summed E-state index contributed by atoms with van der Waals surface area (Å²) in [7, 11) is 0. The Balaban J connectivity index is 2.59. The lowest BCUT2D eigenvalue weighted by molar-refractivity contribution is -0.116. The maximum atomic E-state index is 11.3. The van der Waals surface area contributed by atoms with Crippen molar-refractivity contribution < 1.29 is 9.59 Å². The van der Waals surface area contributed by atoms with Crippen LogP contribution < -0.4 is 5.32 Å². The van der Waals surface area contributed by atoms with E-state index in [1.54, 1.807) is 6.07 Å². The van der Waals surface area contributed by atoms with Crippen LogP contribution in [-0.2, 0) is 4.79 Å². The highest BCUT2D eigenvalue weighted by molar-refractivity contribution is 9.11. The quantitative estimate of drug-likeness (QED) is 0.903. The third-order valence-corrected chi connectivity index (χ3v) is 3.05. The molecule has 1 amide bonds. The topological polar surface area (TPSA) is 46.2 Å². The van der Waals surface area contributed by atoms with E-state index in [2.05, 4.69) is 21.2 Å². The van der Waals surface area contributed by atoms with Crippen molar-refractivity contribution in [2.75, 3.05) is 6.54 Å². The summed E-state index contributed by atoms with van der Waals surface area (Å²) in [6, 6.07) is 1.71. The molecule has 13 heavy (non-hydrogen) atoms. The van der Waals surface area contributed by atoms with Crippen molar-refractivity contribution in [2.24, 2.45) is 0 Å². The van der Waals surface area contributed by atoms with Crippen molar-refractivity contribution in [1.82, 2.24) is 5.32 Å². The van der Waals surface area contributed by atoms with E-state index in [0.717, 1.165) is 3.79 Å². The van der Waals surface area contributed by atoms with Gasteiger partial charge in [0.2, 0.25) is 0 Å². The van der Waals surface area contributed by atoms with Gasteiger partial charge in [0.05, 0.1) is 15.9 Å². The second-order valence-corrected chi connectivity index (χ2v) is 4.73. The summed E-state index contributed by atoms with van der Waals surface area (Å²) < 4.78 is 0.786. The lowest BCUT2D eigenvalue weighted by Gasteiger charge is -2.00. The molecular weight excluding hydrogens is 254 g/mol. The second kappa shape index (κ2) is 4.53. The first kappa shape index (κ1) is 10.4. The zero-order valence-electron chi connectivity index (χ0n) is 6.96. The molecule has 1 aromatic heterocycles. The standard InChI is InChI=1S/C8H8BrNO2S/c1-5(11)4-10-8(12)6-2-3-13-7(6)9/h2-3H,4H2,1H3,(H,10,12). The predicted octanol–water partition coefficient (Wildman–Crippen LogP) is 1.83. The van der Waals surface area contributed by atoms with E-state index < -0.39 is 0 Å². The number of carbonyl (C=O) groups is 2. The first-order valence-electron chi connectivity index (χ1n) is 3.62. The Morgan fingerprint density at radius 1 is 1.62 bits per heavy atom. The summed E-state index contributed by atoms with van der Waals surface area (Å²) in [5.74, 6) is -0.275. The zero-order valence-corrected chi connectivity index (χ0v) is 9.37. The molecule has 0 radical (unpaired) electrons. The molecule has 3 nitrogen and oxygen atoms in total. The Hall–Kier alpha value is -0.680. The molecule has 0 aromatic carbocycles. The van der Waals surface area contributed by atoms with Crippen LogP contribution in [0.4, 0.5) is 0 Å². The van der Waals surface area contributed by atoms with Crippen LogP contribution in [0.15, 0.2) is 15.2 Å². The first-order chi connectivity index (χ1) is 6.11. The summed E-state index contributed by atoms with van der Waals surface area (Å²) in [4.78, 5) is 21.9. The van der Waals surface area contributed by atoms with E-state index in [0.29, 0.717) is 5.56 Å². The first-order valence-corrected chi connectivity index (χ1v) is 5.29. The summed E-state index contributed by atoms with van der Waals surface area (Å²) in [5, 5.41) is 4.33. The molecule has 5 heteroatoms. The van der Waals surface area contributed by atoms with Gasteiger partial charge in [-0.1, -0.05) is 0 Å². The number of Topliss-reactive ketones (excluding diaryl/α,β-unsaturated/α-hetero) is 1. The second-order valence-electron chi connectivity index (χ2n) is 2.49. The number of amides is 1. The number of rotatable bonds is 3. The van der Waals surface area contributed by atoms with Gasteiger partial charge < -0.3 is 5.32 Å². The third kappa shape index (κ3) is 2.93. The number of hydrogen-bond acceptors (Lipinski definition) is 3. The Bertz CT molecular complexity index is 335. The lowest BCUT2D eigenvalue weighted by atomic mass is 10.3. The number of hydrogen-bond donors (Lipinski definition) is 1. The Kier molecular flexibility index (Phi) is 3.62. The molecule has 1 rings (SSSR count). The third-order valence-electron chi connectivity index (χ3n) is 1.36. The fourth-order valence-corrected chi connectivity index (χ4v) is 2.00. The molecule has 1 aromatic rings. The maximum absolute atomic E-state index is 11.3. The average molecular weight is 262 g/mol. The number of carbonyl (C=O) groups excluding carboxylic acids is 2. The van der Waals surface area contributed by atoms with Crippen LogP contribution in [-0.4, -0.2) is 18.2 Å². The molecule has 70 valence electrons. The van der Waals surface area contributed by atoms with Crippen LogP contribution in [0.5, 0.6) is 0 Å². The summed E-state index contributed by atoms with van der Waals surface area (Å²) in [6.45, 7) is 1.52. The number of ketones is 1. The minimum absolute atomic E-state index is 0.0558. The molecule has 0 aliphatic rings. The van der Waals surface area contributed by atoms with E-state index in [1.165, 1.54) is 18.3 Å². The van der Waals surface area contributed by atoms with E-state index in [9.17, 15) is 9.59 Å². The molecule has 0 spiro atoms. The Morgan fingerprint density at radius 3 is 2.77 bits per heavy atom. The van der Waals surface area contributed by atoms with Gasteiger partial charge in [0.1, 0.15) is 5.78 Å². The van der Waals surface area contributed by atoms with Crippen molar-refractivity contribution in [2.45, 2.75) is 6.92 Å². The van der Waals surface area contributed by atoms with Crippen molar-refractivity contribution in [3.8, 4) is 0 Å². The van der Waals surface area contributed by atoms with Gasteiger partial charge >= 0.3 is 0 Å². The molecule has 1 heterocycles. The molecule has 1 N–H and O–H groups in total. The molecule has 0 unspecified atom stereocenters. The average Bonchev–Trinajstić information content (AvgIpc) is 2.47. The number of halogens is 1. The summed E-state index contributed by atoms with van der Waals surface area (Å²) in [6.07, 6.45) is 0. The van der Waals surface area contributed by atoms with Crippen LogP contribution in [0.2, 0.25) is 0 Å². The molecular formula is C8H8BrNO2S. The summed E-state index contributed by atoms with van der Waals surface area (Å²) in [5.41, 5.74) is 0.575.